The quantitative estimate of drug-likeness (QED) is 0.781. The number of hydrogen-bond donors (Lipinski definition) is 0. The van der Waals surface area contributed by atoms with Crippen molar-refractivity contribution in [3.8, 4) is 0 Å². The van der Waals surface area contributed by atoms with Gasteiger partial charge >= 0.3 is 0 Å². The van der Waals surface area contributed by atoms with Crippen molar-refractivity contribution < 1.29 is 4.79 Å². The number of carbonyl (C=O) groups is 1. The van der Waals surface area contributed by atoms with Crippen LogP contribution in [0.25, 0.3) is 16.2 Å². The Morgan fingerprint density at radius 3 is 2.86 bits per heavy atom. The number of likely N-dealkylation sites (N-methyl/N-ethyl adjacent to an activating group) is 1. The zero-order valence-electron chi connectivity index (χ0n) is 12.6. The molecule has 0 bridgehead atoms. The van der Waals surface area contributed by atoms with Gasteiger partial charge in [-0.1, -0.05) is 29.8 Å². The summed E-state index contributed by atoms with van der Waals surface area (Å²) in [5, 5.41) is 1.79. The summed E-state index contributed by atoms with van der Waals surface area (Å²) in [5.74, 6) is 0.0730. The Bertz CT molecular complexity index is 710. The van der Waals surface area contributed by atoms with Gasteiger partial charge in [0.1, 0.15) is 0 Å². The van der Waals surface area contributed by atoms with E-state index in [0.29, 0.717) is 0 Å². The molecule has 1 amide bonds. The molecule has 3 rings (SSSR count). The minimum absolute atomic E-state index is 0.0730. The predicted molar refractivity (Wildman–Crippen MR) is 94.6 cm³/mol. The van der Waals surface area contributed by atoms with Gasteiger partial charge in [-0.15, -0.1) is 11.3 Å². The van der Waals surface area contributed by atoms with Crippen LogP contribution in [-0.4, -0.2) is 48.9 Å². The summed E-state index contributed by atoms with van der Waals surface area (Å²) in [5.41, 5.74) is 0. The predicted octanol–water partition coefficient (Wildman–Crippen LogP) is 3.73. The molecule has 1 saturated heterocycles. The van der Waals surface area contributed by atoms with Gasteiger partial charge in [-0.2, -0.15) is 0 Å². The Balaban J connectivity index is 1.74. The van der Waals surface area contributed by atoms with Crippen molar-refractivity contribution in [2.24, 2.45) is 0 Å². The zero-order valence-corrected chi connectivity index (χ0v) is 14.2. The molecule has 0 radical (unpaired) electrons. The van der Waals surface area contributed by atoms with E-state index in [0.717, 1.165) is 52.6 Å². The van der Waals surface area contributed by atoms with Crippen LogP contribution in [0.3, 0.4) is 0 Å². The maximum Gasteiger partial charge on any atom is 0.246 e. The second-order valence-corrected chi connectivity index (χ2v) is 7.05. The molecule has 22 heavy (non-hydrogen) atoms. The first-order valence-electron chi connectivity index (χ1n) is 7.48. The Kier molecular flexibility index (Phi) is 4.81. The average molecular weight is 335 g/mol. The molecule has 0 N–H and O–H groups in total. The monoisotopic (exact) mass is 334 g/mol. The average Bonchev–Trinajstić information content (AvgIpc) is 2.69. The molecule has 2 heterocycles. The molecule has 2 aromatic rings. The molecular weight excluding hydrogens is 316 g/mol. The molecule has 1 aliphatic heterocycles. The van der Waals surface area contributed by atoms with Crippen molar-refractivity contribution in [3.63, 3.8) is 0 Å². The van der Waals surface area contributed by atoms with Crippen molar-refractivity contribution in [2.75, 3.05) is 33.2 Å². The molecule has 116 valence electrons. The number of carbonyl (C=O) groups excluding carboxylic acids is 1. The van der Waals surface area contributed by atoms with E-state index in [2.05, 4.69) is 18.0 Å². The summed E-state index contributed by atoms with van der Waals surface area (Å²) in [6.07, 6.45) is 4.53. The first kappa shape index (κ1) is 15.5. The highest BCUT2D eigenvalue weighted by Crippen LogP contribution is 2.35. The van der Waals surface area contributed by atoms with E-state index in [1.54, 1.807) is 17.4 Å². The summed E-state index contributed by atoms with van der Waals surface area (Å²) in [6, 6.07) is 8.04. The molecule has 5 heteroatoms. The molecule has 0 unspecified atom stereocenters. The van der Waals surface area contributed by atoms with Crippen molar-refractivity contribution in [3.05, 3.63) is 40.2 Å². The molecule has 0 spiro atoms. The molecule has 1 aromatic heterocycles. The van der Waals surface area contributed by atoms with Gasteiger partial charge in [-0.25, -0.2) is 0 Å². The summed E-state index contributed by atoms with van der Waals surface area (Å²) in [4.78, 5) is 17.5. The maximum absolute atomic E-state index is 12.3. The lowest BCUT2D eigenvalue weighted by Crippen LogP contribution is -2.33. The first-order valence-corrected chi connectivity index (χ1v) is 8.67. The van der Waals surface area contributed by atoms with E-state index in [1.165, 1.54) is 0 Å². The lowest BCUT2D eigenvalue weighted by atomic mass is 10.2. The summed E-state index contributed by atoms with van der Waals surface area (Å²) in [7, 11) is 2.10. The van der Waals surface area contributed by atoms with Crippen molar-refractivity contribution >= 4 is 45.0 Å². The topological polar surface area (TPSA) is 23.6 Å². The second kappa shape index (κ2) is 6.82. The van der Waals surface area contributed by atoms with Crippen LogP contribution in [0.5, 0.6) is 0 Å². The normalized spacial score (nSPS) is 17.3. The molecule has 0 aliphatic carbocycles. The molecule has 1 aromatic carbocycles. The number of halogens is 1. The standard InChI is InChI=1S/C17H19ClN2OS/c1-19-9-4-10-20(12-11-19)16(21)8-7-15-17(18)13-5-2-3-6-14(13)22-15/h2-3,5-8H,4,9-12H2,1H3/b8-7+. The third kappa shape index (κ3) is 3.35. The third-order valence-corrected chi connectivity index (χ3v) is 5.62. The maximum atomic E-state index is 12.3. The van der Waals surface area contributed by atoms with E-state index in [1.807, 2.05) is 29.2 Å². The van der Waals surface area contributed by atoms with Crippen molar-refractivity contribution in [2.45, 2.75) is 6.42 Å². The zero-order chi connectivity index (χ0) is 15.5. The van der Waals surface area contributed by atoms with E-state index in [4.69, 9.17) is 11.6 Å². The van der Waals surface area contributed by atoms with Crippen LogP contribution in [0.2, 0.25) is 5.02 Å². The van der Waals surface area contributed by atoms with Gasteiger partial charge in [0.05, 0.1) is 5.02 Å². The van der Waals surface area contributed by atoms with Gasteiger partial charge in [0.15, 0.2) is 0 Å². The van der Waals surface area contributed by atoms with Gasteiger partial charge in [0.2, 0.25) is 5.91 Å². The highest BCUT2D eigenvalue weighted by molar-refractivity contribution is 7.20. The fourth-order valence-electron chi connectivity index (χ4n) is 2.66. The van der Waals surface area contributed by atoms with E-state index in [-0.39, 0.29) is 5.91 Å². The second-order valence-electron chi connectivity index (χ2n) is 5.59. The van der Waals surface area contributed by atoms with E-state index < -0.39 is 0 Å². The largest absolute Gasteiger partial charge is 0.338 e. The Labute approximate surface area is 139 Å². The number of fused-ring (bicyclic) bond motifs is 1. The van der Waals surface area contributed by atoms with Crippen molar-refractivity contribution in [1.29, 1.82) is 0 Å². The number of benzene rings is 1. The van der Waals surface area contributed by atoms with Crippen LogP contribution in [0.4, 0.5) is 0 Å². The summed E-state index contributed by atoms with van der Waals surface area (Å²) in [6.45, 7) is 3.60. The lowest BCUT2D eigenvalue weighted by Gasteiger charge is -2.18. The molecule has 0 atom stereocenters. The van der Waals surface area contributed by atoms with E-state index in [9.17, 15) is 4.79 Å². The highest BCUT2D eigenvalue weighted by atomic mass is 35.5. The van der Waals surface area contributed by atoms with Crippen LogP contribution in [0.15, 0.2) is 30.3 Å². The molecule has 0 saturated carbocycles. The highest BCUT2D eigenvalue weighted by Gasteiger charge is 2.15. The molecule has 1 fully saturated rings. The fraction of sp³-hybridized carbons (Fsp3) is 0.353. The van der Waals surface area contributed by atoms with Crippen LogP contribution in [-0.2, 0) is 4.79 Å². The van der Waals surface area contributed by atoms with Crippen molar-refractivity contribution in [1.82, 2.24) is 9.80 Å². The number of rotatable bonds is 2. The van der Waals surface area contributed by atoms with Crippen LogP contribution < -0.4 is 0 Å². The lowest BCUT2D eigenvalue weighted by molar-refractivity contribution is -0.125. The van der Waals surface area contributed by atoms with Gasteiger partial charge in [-0.3, -0.25) is 4.79 Å². The summed E-state index contributed by atoms with van der Waals surface area (Å²) < 4.78 is 1.15. The number of thiophene rings is 1. The smallest absolute Gasteiger partial charge is 0.246 e. The Morgan fingerprint density at radius 1 is 1.23 bits per heavy atom. The Morgan fingerprint density at radius 2 is 2.05 bits per heavy atom. The minimum atomic E-state index is 0.0730. The summed E-state index contributed by atoms with van der Waals surface area (Å²) >= 11 is 8.02. The Hall–Kier alpha value is -1.36. The van der Waals surface area contributed by atoms with E-state index >= 15 is 0 Å². The van der Waals surface area contributed by atoms with Gasteiger partial charge in [0, 0.05) is 40.7 Å². The van der Waals surface area contributed by atoms with Crippen LogP contribution in [0, 0.1) is 0 Å². The molecule has 1 aliphatic rings. The van der Waals surface area contributed by atoms with Crippen LogP contribution >= 0.6 is 22.9 Å². The van der Waals surface area contributed by atoms with Crippen LogP contribution in [0.1, 0.15) is 11.3 Å². The number of nitrogens with zero attached hydrogens (tertiary/aromatic N) is 2. The third-order valence-electron chi connectivity index (χ3n) is 3.97. The first-order chi connectivity index (χ1) is 10.6. The van der Waals surface area contributed by atoms with Gasteiger partial charge in [0.25, 0.3) is 0 Å². The SMILES string of the molecule is CN1CCCN(C(=O)/C=C/c2sc3ccccc3c2Cl)CC1. The molecule has 3 nitrogen and oxygen atoms in total. The fourth-order valence-corrected chi connectivity index (χ4v) is 4.06. The number of amides is 1. The number of hydrogen-bond acceptors (Lipinski definition) is 3. The molecular formula is C17H19ClN2OS. The van der Waals surface area contributed by atoms with Gasteiger partial charge in [-0.05, 0) is 32.2 Å². The minimum Gasteiger partial charge on any atom is -0.338 e. The van der Waals surface area contributed by atoms with Gasteiger partial charge < -0.3 is 9.80 Å².